The third kappa shape index (κ3) is 4.08. The highest BCUT2D eigenvalue weighted by atomic mass is 35.5. The molecule has 3 rings (SSSR count). The Morgan fingerprint density at radius 3 is 2.29 bits per heavy atom. The Balaban J connectivity index is 0.00000208. The van der Waals surface area contributed by atoms with Crippen molar-refractivity contribution in [3.05, 3.63) is 35.9 Å². The van der Waals surface area contributed by atoms with Crippen molar-refractivity contribution >= 4 is 24.3 Å². The standard InChI is InChI=1S/C18H24N2O3.ClH/c21-16(13-20-11-7-14(8-12-20)17(22)23)19-18(9-4-10-18)15-5-2-1-3-6-15;/h1-3,5-6,14H,4,7-13H2,(H,19,21)(H,22,23);1H. The van der Waals surface area contributed by atoms with Crippen LogP contribution < -0.4 is 5.32 Å². The number of benzene rings is 1. The molecule has 132 valence electrons. The van der Waals surface area contributed by atoms with Crippen molar-refractivity contribution in [3.8, 4) is 0 Å². The molecule has 1 aromatic rings. The fraction of sp³-hybridized carbons (Fsp3) is 0.556. The largest absolute Gasteiger partial charge is 0.481 e. The van der Waals surface area contributed by atoms with Gasteiger partial charge in [-0.2, -0.15) is 0 Å². The van der Waals surface area contributed by atoms with E-state index in [4.69, 9.17) is 5.11 Å². The smallest absolute Gasteiger partial charge is 0.306 e. The maximum atomic E-state index is 12.4. The lowest BCUT2D eigenvalue weighted by atomic mass is 9.72. The molecule has 2 fully saturated rings. The van der Waals surface area contributed by atoms with Crippen LogP contribution in [0.15, 0.2) is 30.3 Å². The van der Waals surface area contributed by atoms with E-state index in [1.54, 1.807) is 0 Å². The first kappa shape index (κ1) is 18.7. The molecule has 1 aliphatic heterocycles. The summed E-state index contributed by atoms with van der Waals surface area (Å²) >= 11 is 0. The van der Waals surface area contributed by atoms with Crippen LogP contribution in [-0.2, 0) is 15.1 Å². The Kier molecular flexibility index (Phi) is 6.24. The summed E-state index contributed by atoms with van der Waals surface area (Å²) < 4.78 is 0. The summed E-state index contributed by atoms with van der Waals surface area (Å²) in [5, 5.41) is 12.3. The molecule has 1 aliphatic carbocycles. The lowest BCUT2D eigenvalue weighted by Crippen LogP contribution is -2.53. The van der Waals surface area contributed by atoms with Crippen LogP contribution in [0.25, 0.3) is 0 Å². The van der Waals surface area contributed by atoms with Crippen molar-refractivity contribution in [1.82, 2.24) is 10.2 Å². The van der Waals surface area contributed by atoms with Crippen LogP contribution in [0.5, 0.6) is 0 Å². The molecule has 2 aliphatic rings. The van der Waals surface area contributed by atoms with E-state index in [9.17, 15) is 9.59 Å². The van der Waals surface area contributed by atoms with Gasteiger partial charge in [-0.1, -0.05) is 30.3 Å². The van der Waals surface area contributed by atoms with Crippen molar-refractivity contribution in [1.29, 1.82) is 0 Å². The minimum absolute atomic E-state index is 0. The Morgan fingerprint density at radius 1 is 1.17 bits per heavy atom. The Bertz CT molecular complexity index is 567. The molecule has 0 radical (unpaired) electrons. The number of likely N-dealkylation sites (tertiary alicyclic amines) is 1. The van der Waals surface area contributed by atoms with Gasteiger partial charge < -0.3 is 10.4 Å². The molecule has 0 atom stereocenters. The van der Waals surface area contributed by atoms with E-state index in [1.807, 2.05) is 18.2 Å². The molecule has 0 aromatic heterocycles. The highest BCUT2D eigenvalue weighted by Gasteiger charge is 2.40. The molecule has 1 amide bonds. The molecule has 1 heterocycles. The first-order valence-corrected chi connectivity index (χ1v) is 8.41. The van der Waals surface area contributed by atoms with Crippen LogP contribution in [0.4, 0.5) is 0 Å². The molecule has 0 spiro atoms. The molecule has 1 saturated heterocycles. The maximum Gasteiger partial charge on any atom is 0.306 e. The number of hydrogen-bond donors (Lipinski definition) is 2. The van der Waals surface area contributed by atoms with Gasteiger partial charge in [0.1, 0.15) is 0 Å². The van der Waals surface area contributed by atoms with Gasteiger partial charge in [-0.3, -0.25) is 14.5 Å². The maximum absolute atomic E-state index is 12.4. The van der Waals surface area contributed by atoms with E-state index in [2.05, 4.69) is 22.3 Å². The van der Waals surface area contributed by atoms with Crippen LogP contribution in [-0.4, -0.2) is 41.5 Å². The summed E-state index contributed by atoms with van der Waals surface area (Å²) in [4.78, 5) is 25.5. The predicted octanol–water partition coefficient (Wildman–Crippen LogP) is 2.40. The number of amides is 1. The highest BCUT2D eigenvalue weighted by molar-refractivity contribution is 5.85. The van der Waals surface area contributed by atoms with Gasteiger partial charge in [0.05, 0.1) is 18.0 Å². The van der Waals surface area contributed by atoms with Gasteiger partial charge in [0, 0.05) is 0 Å². The number of halogens is 1. The normalized spacial score (nSPS) is 20.5. The second kappa shape index (κ2) is 7.99. The van der Waals surface area contributed by atoms with Gasteiger partial charge in [-0.25, -0.2) is 0 Å². The molecule has 0 unspecified atom stereocenters. The van der Waals surface area contributed by atoms with Gasteiger partial charge in [0.25, 0.3) is 0 Å². The molecule has 6 heteroatoms. The molecule has 2 N–H and O–H groups in total. The second-order valence-electron chi connectivity index (χ2n) is 6.74. The number of carboxylic acid groups (broad SMARTS) is 1. The number of carbonyl (C=O) groups excluding carboxylic acids is 1. The summed E-state index contributed by atoms with van der Waals surface area (Å²) in [6, 6.07) is 10.2. The van der Waals surface area contributed by atoms with Crippen LogP contribution in [0.3, 0.4) is 0 Å². The average molecular weight is 353 g/mol. The van der Waals surface area contributed by atoms with Gasteiger partial charge in [-0.05, 0) is 50.8 Å². The van der Waals surface area contributed by atoms with E-state index in [0.29, 0.717) is 32.5 Å². The molecule has 1 saturated carbocycles. The fourth-order valence-corrected chi connectivity index (χ4v) is 3.62. The number of rotatable bonds is 5. The van der Waals surface area contributed by atoms with Gasteiger partial charge in [0.2, 0.25) is 5.91 Å². The van der Waals surface area contributed by atoms with Crippen molar-refractivity contribution in [2.75, 3.05) is 19.6 Å². The van der Waals surface area contributed by atoms with Crippen molar-refractivity contribution < 1.29 is 14.7 Å². The number of nitrogens with zero attached hydrogens (tertiary/aromatic N) is 1. The quantitative estimate of drug-likeness (QED) is 0.853. The number of hydrogen-bond acceptors (Lipinski definition) is 3. The minimum atomic E-state index is -0.716. The van der Waals surface area contributed by atoms with Crippen molar-refractivity contribution in [2.45, 2.75) is 37.6 Å². The highest BCUT2D eigenvalue weighted by Crippen LogP contribution is 2.41. The Hall–Kier alpha value is -1.59. The molecule has 0 bridgehead atoms. The fourth-order valence-electron chi connectivity index (χ4n) is 3.62. The summed E-state index contributed by atoms with van der Waals surface area (Å²) in [6.07, 6.45) is 4.38. The number of nitrogens with one attached hydrogen (secondary N) is 1. The van der Waals surface area contributed by atoms with Crippen molar-refractivity contribution in [3.63, 3.8) is 0 Å². The molecular weight excluding hydrogens is 328 g/mol. The number of carbonyl (C=O) groups is 2. The topological polar surface area (TPSA) is 69.6 Å². The van der Waals surface area contributed by atoms with Crippen LogP contribution in [0.1, 0.15) is 37.7 Å². The van der Waals surface area contributed by atoms with E-state index in [1.165, 1.54) is 5.56 Å². The van der Waals surface area contributed by atoms with Crippen LogP contribution in [0, 0.1) is 5.92 Å². The molecule has 24 heavy (non-hydrogen) atoms. The number of aliphatic carboxylic acids is 1. The third-order valence-electron chi connectivity index (χ3n) is 5.22. The van der Waals surface area contributed by atoms with Crippen molar-refractivity contribution in [2.24, 2.45) is 5.92 Å². The first-order chi connectivity index (χ1) is 11.1. The summed E-state index contributed by atoms with van der Waals surface area (Å²) in [5.41, 5.74) is 0.988. The first-order valence-electron chi connectivity index (χ1n) is 8.41. The van der Waals surface area contributed by atoms with Crippen LogP contribution in [0.2, 0.25) is 0 Å². The summed E-state index contributed by atoms with van der Waals surface area (Å²) in [6.45, 7) is 1.73. The van der Waals surface area contributed by atoms with Gasteiger partial charge in [0.15, 0.2) is 0 Å². The van der Waals surface area contributed by atoms with Gasteiger partial charge >= 0.3 is 5.97 Å². The molecule has 5 nitrogen and oxygen atoms in total. The average Bonchev–Trinajstić information content (AvgIpc) is 2.52. The molecular formula is C18H25ClN2O3. The predicted molar refractivity (Wildman–Crippen MR) is 94.2 cm³/mol. The zero-order valence-electron chi connectivity index (χ0n) is 13.7. The Morgan fingerprint density at radius 2 is 1.79 bits per heavy atom. The summed E-state index contributed by atoms with van der Waals surface area (Å²) in [7, 11) is 0. The van der Waals surface area contributed by atoms with E-state index < -0.39 is 5.97 Å². The second-order valence-corrected chi connectivity index (χ2v) is 6.74. The SMILES string of the molecule is Cl.O=C(CN1CCC(C(=O)O)CC1)NC1(c2ccccc2)CCC1. The lowest BCUT2D eigenvalue weighted by molar-refractivity contribution is -0.143. The summed E-state index contributed by atoms with van der Waals surface area (Å²) in [5.74, 6) is -0.925. The Labute approximate surface area is 148 Å². The van der Waals surface area contributed by atoms with E-state index in [-0.39, 0.29) is 29.8 Å². The van der Waals surface area contributed by atoms with Crippen LogP contribution >= 0.6 is 12.4 Å². The van der Waals surface area contributed by atoms with E-state index in [0.717, 1.165) is 19.3 Å². The van der Waals surface area contributed by atoms with E-state index >= 15 is 0 Å². The zero-order valence-corrected chi connectivity index (χ0v) is 14.6. The number of piperidine rings is 1. The monoisotopic (exact) mass is 352 g/mol. The number of carboxylic acids is 1. The van der Waals surface area contributed by atoms with Gasteiger partial charge in [-0.15, -0.1) is 12.4 Å². The lowest BCUT2D eigenvalue weighted by Gasteiger charge is -2.43. The zero-order chi connectivity index (χ0) is 16.3. The third-order valence-corrected chi connectivity index (χ3v) is 5.22. The molecule has 1 aromatic carbocycles. The minimum Gasteiger partial charge on any atom is -0.481 e.